The monoisotopic (exact) mass is 442 g/mol. The quantitative estimate of drug-likeness (QED) is 0.579. The number of piperidine rings is 2. The van der Waals surface area contributed by atoms with Crippen molar-refractivity contribution in [1.82, 2.24) is 10.1 Å². The van der Waals surface area contributed by atoms with Gasteiger partial charge in [0, 0.05) is 23.1 Å². The smallest absolute Gasteiger partial charge is 0.364 e. The van der Waals surface area contributed by atoms with E-state index in [1.54, 1.807) is 0 Å². The first kappa shape index (κ1) is 23.7. The average Bonchev–Trinajstić information content (AvgIpc) is 2.63. The molecule has 2 saturated heterocycles. The lowest BCUT2D eigenvalue weighted by Crippen LogP contribution is -2.66. The zero-order chi connectivity index (χ0) is 23.6. The summed E-state index contributed by atoms with van der Waals surface area (Å²) in [6.07, 6.45) is 6.91. The van der Waals surface area contributed by atoms with E-state index in [-0.39, 0.29) is 28.1 Å². The molecule has 2 heterocycles. The molecule has 1 atom stereocenters. The Kier molecular flexibility index (Phi) is 5.59. The Hall–Kier alpha value is -1.43. The van der Waals surface area contributed by atoms with Crippen LogP contribution in [-0.4, -0.2) is 38.3 Å². The SMILES string of the molecule is CC1(C)CCCC(C)(C)N1OC(=O)C1(ON2C(C)(C)CCCC2(C)C)Cc2ccccc21. The maximum atomic E-state index is 14.0. The Morgan fingerprint density at radius 3 is 1.72 bits per heavy atom. The minimum atomic E-state index is -1.11. The Balaban J connectivity index is 1.70. The van der Waals surface area contributed by atoms with Crippen LogP contribution < -0.4 is 0 Å². The van der Waals surface area contributed by atoms with Crippen LogP contribution in [0.1, 0.15) is 105 Å². The summed E-state index contributed by atoms with van der Waals surface area (Å²) >= 11 is 0. The van der Waals surface area contributed by atoms with Crippen LogP contribution in [0.15, 0.2) is 24.3 Å². The molecule has 0 bridgehead atoms. The van der Waals surface area contributed by atoms with Crippen molar-refractivity contribution in [2.75, 3.05) is 0 Å². The number of hydrogen-bond acceptors (Lipinski definition) is 5. The van der Waals surface area contributed by atoms with E-state index < -0.39 is 5.60 Å². The molecule has 4 rings (SSSR count). The van der Waals surface area contributed by atoms with Gasteiger partial charge in [0.25, 0.3) is 0 Å². The summed E-state index contributed by atoms with van der Waals surface area (Å²) in [5.74, 6) is -0.295. The van der Waals surface area contributed by atoms with Crippen molar-refractivity contribution in [3.05, 3.63) is 35.4 Å². The molecule has 32 heavy (non-hydrogen) atoms. The molecule has 0 saturated carbocycles. The van der Waals surface area contributed by atoms with E-state index >= 15 is 0 Å². The summed E-state index contributed by atoms with van der Waals surface area (Å²) in [5.41, 5.74) is 0.235. The van der Waals surface area contributed by atoms with E-state index in [4.69, 9.17) is 9.68 Å². The number of benzene rings is 1. The minimum Gasteiger partial charge on any atom is -0.364 e. The third-order valence-corrected chi connectivity index (χ3v) is 8.00. The van der Waals surface area contributed by atoms with Crippen molar-refractivity contribution in [3.8, 4) is 0 Å². The van der Waals surface area contributed by atoms with Crippen LogP contribution in [0.3, 0.4) is 0 Å². The summed E-state index contributed by atoms with van der Waals surface area (Å²) in [5, 5.41) is 4.05. The van der Waals surface area contributed by atoms with Crippen LogP contribution in [0.4, 0.5) is 0 Å². The van der Waals surface area contributed by atoms with Gasteiger partial charge in [0.15, 0.2) is 0 Å². The molecule has 0 amide bonds. The third kappa shape index (κ3) is 3.80. The molecule has 0 N–H and O–H groups in total. The van der Waals surface area contributed by atoms with Crippen molar-refractivity contribution in [2.45, 2.75) is 128 Å². The molecular formula is C27H42N2O3. The molecule has 178 valence electrons. The van der Waals surface area contributed by atoms with Gasteiger partial charge in [-0.05, 0) is 99.5 Å². The van der Waals surface area contributed by atoms with E-state index in [9.17, 15) is 4.79 Å². The first-order chi connectivity index (χ1) is 14.7. The standard InChI is InChI=1S/C27H42N2O3/c1-23(2)15-11-16-24(3,4)28(23)31-22(30)27(19-20-13-9-10-14-21(20)27)32-29-25(5,6)17-12-18-26(29,7)8/h9-10,13-14H,11-12,15-19H2,1-8H3. The van der Waals surface area contributed by atoms with Crippen LogP contribution in [0.2, 0.25) is 0 Å². The van der Waals surface area contributed by atoms with Crippen LogP contribution in [0, 0.1) is 0 Å². The lowest BCUT2D eigenvalue weighted by Gasteiger charge is -2.56. The molecule has 1 aliphatic carbocycles. The van der Waals surface area contributed by atoms with Gasteiger partial charge in [0.1, 0.15) is 0 Å². The predicted molar refractivity (Wildman–Crippen MR) is 127 cm³/mol. The predicted octanol–water partition coefficient (Wildman–Crippen LogP) is 5.91. The molecule has 1 aromatic carbocycles. The average molecular weight is 443 g/mol. The summed E-state index contributed by atoms with van der Waals surface area (Å²) in [4.78, 5) is 27.2. The molecule has 0 radical (unpaired) electrons. The van der Waals surface area contributed by atoms with Gasteiger partial charge in [0.05, 0.1) is 11.1 Å². The largest absolute Gasteiger partial charge is 0.364 e. The van der Waals surface area contributed by atoms with Crippen molar-refractivity contribution in [1.29, 1.82) is 0 Å². The summed E-state index contributed by atoms with van der Waals surface area (Å²) in [7, 11) is 0. The molecule has 2 fully saturated rings. The van der Waals surface area contributed by atoms with Crippen LogP contribution in [-0.2, 0) is 26.5 Å². The number of hydroxylamine groups is 4. The van der Waals surface area contributed by atoms with Crippen molar-refractivity contribution >= 4 is 5.97 Å². The highest BCUT2D eigenvalue weighted by molar-refractivity contribution is 5.85. The Bertz CT molecular complexity index is 857. The summed E-state index contributed by atoms with van der Waals surface area (Å²) < 4.78 is 0. The summed E-state index contributed by atoms with van der Waals surface area (Å²) in [6.45, 7) is 17.5. The zero-order valence-corrected chi connectivity index (χ0v) is 21.4. The van der Waals surface area contributed by atoms with E-state index in [1.807, 2.05) is 23.3 Å². The third-order valence-electron chi connectivity index (χ3n) is 8.00. The second-order valence-electron chi connectivity index (χ2n) is 12.7. The van der Waals surface area contributed by atoms with Gasteiger partial charge >= 0.3 is 5.97 Å². The summed E-state index contributed by atoms with van der Waals surface area (Å²) in [6, 6.07) is 8.13. The highest BCUT2D eigenvalue weighted by atomic mass is 16.8. The lowest BCUT2D eigenvalue weighted by molar-refractivity contribution is -0.353. The number of hydrogen-bond donors (Lipinski definition) is 0. The van der Waals surface area contributed by atoms with Gasteiger partial charge in [-0.15, -0.1) is 5.06 Å². The van der Waals surface area contributed by atoms with Crippen molar-refractivity contribution < 1.29 is 14.5 Å². The van der Waals surface area contributed by atoms with Crippen LogP contribution in [0.5, 0.6) is 0 Å². The van der Waals surface area contributed by atoms with E-state index in [0.717, 1.165) is 49.7 Å². The topological polar surface area (TPSA) is 42.0 Å². The highest BCUT2D eigenvalue weighted by Gasteiger charge is 2.59. The van der Waals surface area contributed by atoms with Crippen LogP contribution in [0.25, 0.3) is 0 Å². The van der Waals surface area contributed by atoms with Gasteiger partial charge in [-0.2, -0.15) is 5.06 Å². The molecule has 3 aliphatic rings. The normalized spacial score (nSPS) is 30.8. The molecule has 2 aliphatic heterocycles. The maximum absolute atomic E-state index is 14.0. The van der Waals surface area contributed by atoms with Gasteiger partial charge in [0.2, 0.25) is 5.60 Å². The van der Waals surface area contributed by atoms with Gasteiger partial charge in [-0.3, -0.25) is 4.84 Å². The molecule has 1 aromatic rings. The van der Waals surface area contributed by atoms with Gasteiger partial charge in [-0.1, -0.05) is 24.3 Å². The lowest BCUT2D eigenvalue weighted by atomic mass is 9.73. The second kappa shape index (κ2) is 7.54. The van der Waals surface area contributed by atoms with Gasteiger partial charge in [-0.25, -0.2) is 4.79 Å². The maximum Gasteiger partial charge on any atom is 0.364 e. The Morgan fingerprint density at radius 1 is 0.750 bits per heavy atom. The first-order valence-corrected chi connectivity index (χ1v) is 12.3. The molecule has 1 unspecified atom stereocenters. The molecule has 5 heteroatoms. The van der Waals surface area contributed by atoms with Crippen molar-refractivity contribution in [2.24, 2.45) is 0 Å². The van der Waals surface area contributed by atoms with Gasteiger partial charge < -0.3 is 4.84 Å². The number of carbonyl (C=O) groups excluding carboxylic acids is 1. The highest BCUT2D eigenvalue weighted by Crippen LogP contribution is 2.49. The number of nitrogens with zero attached hydrogens (tertiary/aromatic N) is 2. The number of carbonyl (C=O) groups is 1. The molecule has 5 nitrogen and oxygen atoms in total. The first-order valence-electron chi connectivity index (χ1n) is 12.3. The molecule has 0 aromatic heterocycles. The fourth-order valence-electron chi connectivity index (χ4n) is 6.38. The molecular weight excluding hydrogens is 400 g/mol. The zero-order valence-electron chi connectivity index (χ0n) is 21.4. The minimum absolute atomic E-state index is 0.163. The Labute approximate surface area is 194 Å². The number of rotatable bonds is 4. The van der Waals surface area contributed by atoms with E-state index in [1.165, 1.54) is 0 Å². The number of fused-ring (bicyclic) bond motifs is 1. The van der Waals surface area contributed by atoms with Crippen LogP contribution >= 0.6 is 0 Å². The van der Waals surface area contributed by atoms with E-state index in [0.29, 0.717) is 6.42 Å². The fraction of sp³-hybridized carbons (Fsp3) is 0.741. The molecule has 0 spiro atoms. The van der Waals surface area contributed by atoms with Crippen molar-refractivity contribution in [3.63, 3.8) is 0 Å². The second-order valence-corrected chi connectivity index (χ2v) is 12.7. The Morgan fingerprint density at radius 2 is 1.22 bits per heavy atom. The fourth-order valence-corrected chi connectivity index (χ4v) is 6.38. The van der Waals surface area contributed by atoms with E-state index in [2.05, 4.69) is 66.5 Å².